The van der Waals surface area contributed by atoms with Crippen molar-refractivity contribution in [2.24, 2.45) is 0 Å². The molecule has 1 saturated heterocycles. The summed E-state index contributed by atoms with van der Waals surface area (Å²) in [6.07, 6.45) is 0.801. The van der Waals surface area contributed by atoms with Gasteiger partial charge >= 0.3 is 6.03 Å². The molecule has 168 valence electrons. The first-order valence-electron chi connectivity index (χ1n) is 10.3. The van der Waals surface area contributed by atoms with Crippen LogP contribution in [-0.2, 0) is 16.1 Å². The number of hydrogen-bond acceptors (Lipinski definition) is 5. The summed E-state index contributed by atoms with van der Waals surface area (Å²) in [5.41, 5.74) is 2.18. The van der Waals surface area contributed by atoms with E-state index >= 15 is 0 Å². The van der Waals surface area contributed by atoms with Gasteiger partial charge in [0.15, 0.2) is 5.75 Å². The summed E-state index contributed by atoms with van der Waals surface area (Å²) in [4.78, 5) is 40.2. The zero-order valence-corrected chi connectivity index (χ0v) is 19.3. The molecule has 9 heteroatoms. The fraction of sp³-hybridized carbons (Fsp3) is 0.304. The zero-order chi connectivity index (χ0) is 22.7. The lowest BCUT2D eigenvalue weighted by Crippen LogP contribution is -2.52. The molecule has 2 heterocycles. The van der Waals surface area contributed by atoms with Crippen molar-refractivity contribution < 1.29 is 19.4 Å². The molecule has 0 bridgehead atoms. The lowest BCUT2D eigenvalue weighted by atomic mass is 10.1. The molecule has 0 atom stereocenters. The van der Waals surface area contributed by atoms with Crippen molar-refractivity contribution in [3.05, 3.63) is 59.1 Å². The van der Waals surface area contributed by atoms with E-state index in [4.69, 9.17) is 21.4 Å². The van der Waals surface area contributed by atoms with Crippen molar-refractivity contribution >= 4 is 40.9 Å². The molecular weight excluding hydrogens is 450 g/mol. The number of rotatable bonds is 4. The molecule has 2 aliphatic rings. The Labute approximate surface area is 196 Å². The molecular formula is C23H24ClN3O4S. The Bertz CT molecular complexity index is 1050. The van der Waals surface area contributed by atoms with Crippen molar-refractivity contribution in [2.45, 2.75) is 16.2 Å². The SMILES string of the molecule is C=C(C(=O)N1CCN(C(=O)NC)CC1)c1ccc(Sc2ccc3c(c2)CCOO3)c(Cl)c1. The highest BCUT2D eigenvalue weighted by atomic mass is 35.5. The second kappa shape index (κ2) is 9.85. The van der Waals surface area contributed by atoms with Crippen LogP contribution in [0.3, 0.4) is 0 Å². The first-order valence-corrected chi connectivity index (χ1v) is 11.5. The van der Waals surface area contributed by atoms with Crippen LogP contribution in [0.5, 0.6) is 5.75 Å². The summed E-state index contributed by atoms with van der Waals surface area (Å²) in [6, 6.07) is 11.4. The van der Waals surface area contributed by atoms with Crippen LogP contribution in [0.1, 0.15) is 11.1 Å². The third kappa shape index (κ3) is 4.87. The van der Waals surface area contributed by atoms with Gasteiger partial charge in [-0.2, -0.15) is 4.89 Å². The second-order valence-corrected chi connectivity index (χ2v) is 9.01. The number of nitrogens with one attached hydrogen (secondary N) is 1. The van der Waals surface area contributed by atoms with E-state index in [1.165, 1.54) is 0 Å². The highest BCUT2D eigenvalue weighted by Gasteiger charge is 2.25. The Hall–Kier alpha value is -2.68. The van der Waals surface area contributed by atoms with Gasteiger partial charge in [-0.3, -0.25) is 4.79 Å². The molecule has 1 N–H and O–H groups in total. The maximum atomic E-state index is 12.9. The van der Waals surface area contributed by atoms with E-state index in [2.05, 4.69) is 18.0 Å². The number of piperazine rings is 1. The minimum atomic E-state index is -0.144. The molecule has 2 aliphatic heterocycles. The number of nitrogens with zero attached hydrogens (tertiary/aromatic N) is 2. The molecule has 4 rings (SSSR count). The third-order valence-corrected chi connectivity index (χ3v) is 6.96. The number of urea groups is 1. The summed E-state index contributed by atoms with van der Waals surface area (Å²) in [6.45, 7) is 6.46. The fourth-order valence-electron chi connectivity index (χ4n) is 3.64. The number of fused-ring (bicyclic) bond motifs is 1. The molecule has 0 unspecified atom stereocenters. The Kier molecular flexibility index (Phi) is 6.93. The topological polar surface area (TPSA) is 71.1 Å². The lowest BCUT2D eigenvalue weighted by Gasteiger charge is -2.34. The van der Waals surface area contributed by atoms with E-state index in [1.807, 2.05) is 24.3 Å². The Balaban J connectivity index is 1.41. The van der Waals surface area contributed by atoms with Gasteiger partial charge < -0.3 is 20.0 Å². The van der Waals surface area contributed by atoms with Crippen molar-refractivity contribution in [3.8, 4) is 5.75 Å². The first-order chi connectivity index (χ1) is 15.5. The smallest absolute Gasteiger partial charge is 0.317 e. The predicted octanol–water partition coefficient (Wildman–Crippen LogP) is 3.85. The van der Waals surface area contributed by atoms with E-state index in [1.54, 1.807) is 34.7 Å². The number of halogens is 1. The molecule has 3 amide bonds. The Morgan fingerprint density at radius 1 is 1.09 bits per heavy atom. The maximum absolute atomic E-state index is 12.9. The predicted molar refractivity (Wildman–Crippen MR) is 124 cm³/mol. The van der Waals surface area contributed by atoms with Crippen LogP contribution in [0.4, 0.5) is 4.79 Å². The maximum Gasteiger partial charge on any atom is 0.317 e. The van der Waals surface area contributed by atoms with Gasteiger partial charge in [0.05, 0.1) is 11.6 Å². The monoisotopic (exact) mass is 473 g/mol. The molecule has 0 radical (unpaired) electrons. The normalized spacial score (nSPS) is 15.6. The first kappa shape index (κ1) is 22.5. The van der Waals surface area contributed by atoms with Crippen LogP contribution in [0.2, 0.25) is 5.02 Å². The molecule has 0 aliphatic carbocycles. The van der Waals surface area contributed by atoms with Gasteiger partial charge in [0, 0.05) is 60.6 Å². The van der Waals surface area contributed by atoms with Gasteiger partial charge in [0.25, 0.3) is 5.91 Å². The number of hydrogen-bond donors (Lipinski definition) is 1. The molecule has 2 aromatic rings. The molecule has 1 fully saturated rings. The van der Waals surface area contributed by atoms with Crippen LogP contribution < -0.4 is 10.2 Å². The average Bonchev–Trinajstić information content (AvgIpc) is 2.84. The summed E-state index contributed by atoms with van der Waals surface area (Å²) >= 11 is 8.10. The number of amides is 3. The van der Waals surface area contributed by atoms with Crippen molar-refractivity contribution in [3.63, 3.8) is 0 Å². The summed E-state index contributed by atoms with van der Waals surface area (Å²) in [5, 5.41) is 3.17. The van der Waals surface area contributed by atoms with Gasteiger partial charge in [-0.1, -0.05) is 36.0 Å². The van der Waals surface area contributed by atoms with Crippen LogP contribution in [0.15, 0.2) is 52.8 Å². The Morgan fingerprint density at radius 3 is 2.56 bits per heavy atom. The molecule has 0 spiro atoms. The summed E-state index contributed by atoms with van der Waals surface area (Å²) < 4.78 is 0. The van der Waals surface area contributed by atoms with E-state index in [0.29, 0.717) is 48.9 Å². The van der Waals surface area contributed by atoms with Crippen LogP contribution in [-0.4, -0.2) is 61.6 Å². The molecule has 0 saturated carbocycles. The largest absolute Gasteiger partial charge is 0.341 e. The standard InChI is InChI=1S/C23H24ClN3O4S/c1-15(22(28)26-8-10-27(11-9-26)23(29)25-2)16-3-6-21(19(24)14-16)32-18-4-5-20-17(13-18)7-12-30-31-20/h3-6,13-14H,1,7-12H2,2H3,(H,25,29). The third-order valence-electron chi connectivity index (χ3n) is 5.47. The van der Waals surface area contributed by atoms with Gasteiger partial charge in [0.1, 0.15) is 0 Å². The van der Waals surface area contributed by atoms with Crippen molar-refractivity contribution in [2.75, 3.05) is 39.8 Å². The summed E-state index contributed by atoms with van der Waals surface area (Å²) in [5.74, 6) is 0.600. The highest BCUT2D eigenvalue weighted by Crippen LogP contribution is 2.37. The Morgan fingerprint density at radius 2 is 1.84 bits per heavy atom. The van der Waals surface area contributed by atoms with Crippen LogP contribution >= 0.6 is 23.4 Å². The van der Waals surface area contributed by atoms with E-state index in [9.17, 15) is 9.59 Å². The van der Waals surface area contributed by atoms with Gasteiger partial charge in [-0.05, 0) is 35.9 Å². The van der Waals surface area contributed by atoms with Crippen molar-refractivity contribution in [1.29, 1.82) is 0 Å². The summed E-state index contributed by atoms with van der Waals surface area (Å²) in [7, 11) is 1.60. The second-order valence-electron chi connectivity index (χ2n) is 7.49. The quantitative estimate of drug-likeness (QED) is 0.539. The molecule has 32 heavy (non-hydrogen) atoms. The zero-order valence-electron chi connectivity index (χ0n) is 17.7. The van der Waals surface area contributed by atoms with E-state index in [0.717, 1.165) is 27.5 Å². The van der Waals surface area contributed by atoms with Gasteiger partial charge in [-0.25, -0.2) is 4.79 Å². The minimum Gasteiger partial charge on any atom is -0.341 e. The van der Waals surface area contributed by atoms with E-state index in [-0.39, 0.29) is 11.9 Å². The average molecular weight is 474 g/mol. The lowest BCUT2D eigenvalue weighted by molar-refractivity contribution is -0.215. The fourth-order valence-corrected chi connectivity index (χ4v) is 4.82. The number of benzene rings is 2. The highest BCUT2D eigenvalue weighted by molar-refractivity contribution is 7.99. The minimum absolute atomic E-state index is 0.129. The van der Waals surface area contributed by atoms with E-state index < -0.39 is 0 Å². The molecule has 0 aromatic heterocycles. The van der Waals surface area contributed by atoms with Crippen LogP contribution in [0, 0.1) is 0 Å². The molecule has 7 nitrogen and oxygen atoms in total. The molecule has 2 aromatic carbocycles. The number of carbonyl (C=O) groups is 2. The van der Waals surface area contributed by atoms with Gasteiger partial charge in [-0.15, -0.1) is 0 Å². The van der Waals surface area contributed by atoms with Crippen LogP contribution in [0.25, 0.3) is 5.57 Å². The van der Waals surface area contributed by atoms with Gasteiger partial charge in [0.2, 0.25) is 0 Å². The van der Waals surface area contributed by atoms with Crippen molar-refractivity contribution in [1.82, 2.24) is 15.1 Å². The number of carbonyl (C=O) groups excluding carboxylic acids is 2.